The summed E-state index contributed by atoms with van der Waals surface area (Å²) in [7, 11) is -25.3. The van der Waals surface area contributed by atoms with Gasteiger partial charge in [-0.3, -0.25) is 38.4 Å². The summed E-state index contributed by atoms with van der Waals surface area (Å²) in [5.41, 5.74) is 6.49. The minimum absolute atomic E-state index is 0.0291. The molecular formula is C44H30N12O20S5. The van der Waals surface area contributed by atoms with Crippen LogP contribution in [0.1, 0.15) is 0 Å². The SMILES string of the molecule is Nc1ccc(N=Nc2ccc(S(=O)(=O)c3ccc(N=Nc4ccc(N)c5c(O)c(N=Nc6ccc([N+](=O)[O-])cc6S(=O)(=O)O)c(S(=O)(=O)O)cc45)cc3)cc2)c2cc(S(=O)(=O)O)c(N=Nc3ccc([N+](=O)[O-])cc3S(=O)(=O)O)c(O)c12. The third-order valence-electron chi connectivity index (χ3n) is 11.2. The zero-order valence-electron chi connectivity index (χ0n) is 39.6. The summed E-state index contributed by atoms with van der Waals surface area (Å²) in [6.45, 7) is 0. The molecule has 0 heterocycles. The van der Waals surface area contributed by atoms with Crippen LogP contribution in [0, 0.1) is 20.2 Å². The topological polar surface area (TPSA) is 529 Å². The van der Waals surface area contributed by atoms with Crippen LogP contribution in [-0.4, -0.2) is 80.4 Å². The van der Waals surface area contributed by atoms with E-state index in [0.29, 0.717) is 12.1 Å². The molecule has 0 aromatic heterocycles. The molecule has 8 aromatic rings. The van der Waals surface area contributed by atoms with Crippen LogP contribution in [0.4, 0.5) is 68.2 Å². The molecule has 0 spiro atoms. The van der Waals surface area contributed by atoms with Crippen LogP contribution in [-0.2, 0) is 50.3 Å². The van der Waals surface area contributed by atoms with Crippen molar-refractivity contribution in [3.63, 3.8) is 0 Å². The molecule has 0 radical (unpaired) electrons. The van der Waals surface area contributed by atoms with Gasteiger partial charge in [-0.05, 0) is 97.1 Å². The van der Waals surface area contributed by atoms with Gasteiger partial charge < -0.3 is 21.7 Å². The number of nitrogens with two attached hydrogens (primary N) is 2. The number of aromatic hydroxyl groups is 2. The van der Waals surface area contributed by atoms with Gasteiger partial charge in [0.25, 0.3) is 51.8 Å². The summed E-state index contributed by atoms with van der Waals surface area (Å²) >= 11 is 0. The minimum Gasteiger partial charge on any atom is -0.505 e. The van der Waals surface area contributed by atoms with E-state index in [1.807, 2.05) is 0 Å². The molecular weight excluding hydrogens is 1180 g/mol. The van der Waals surface area contributed by atoms with Crippen LogP contribution < -0.4 is 11.5 Å². The van der Waals surface area contributed by atoms with Crippen molar-refractivity contribution in [2.24, 2.45) is 40.9 Å². The van der Waals surface area contributed by atoms with Gasteiger partial charge in [-0.1, -0.05) is 0 Å². The monoisotopic (exact) mass is 1210 g/mol. The maximum absolute atomic E-state index is 13.7. The van der Waals surface area contributed by atoms with Gasteiger partial charge in [0.05, 0.1) is 53.2 Å². The lowest BCUT2D eigenvalue weighted by molar-refractivity contribution is -0.385. The Morgan fingerprint density at radius 3 is 1.00 bits per heavy atom. The molecule has 0 saturated heterocycles. The molecule has 0 amide bonds. The van der Waals surface area contributed by atoms with E-state index in [9.17, 15) is 90.7 Å². The van der Waals surface area contributed by atoms with E-state index in [2.05, 4.69) is 40.9 Å². The Balaban J connectivity index is 1.05. The number of nitrogen functional groups attached to an aromatic ring is 2. The summed E-state index contributed by atoms with van der Waals surface area (Å²) in [5.74, 6) is -2.06. The maximum atomic E-state index is 13.7. The van der Waals surface area contributed by atoms with Gasteiger partial charge in [-0.2, -0.15) is 43.9 Å². The van der Waals surface area contributed by atoms with E-state index < -0.39 is 125 Å². The van der Waals surface area contributed by atoms with Crippen LogP contribution in [0.5, 0.6) is 11.5 Å². The van der Waals surface area contributed by atoms with Crippen molar-refractivity contribution >= 4 is 140 Å². The highest BCUT2D eigenvalue weighted by Gasteiger charge is 2.28. The van der Waals surface area contributed by atoms with E-state index in [-0.39, 0.29) is 65.5 Å². The number of azo groups is 4. The first kappa shape index (κ1) is 57.4. The van der Waals surface area contributed by atoms with Crippen LogP contribution in [0.15, 0.2) is 192 Å². The highest BCUT2D eigenvalue weighted by Crippen LogP contribution is 2.49. The summed E-state index contributed by atoms with van der Waals surface area (Å²) < 4.78 is 165. The normalized spacial score (nSPS) is 12.9. The van der Waals surface area contributed by atoms with Gasteiger partial charge in [-0.25, -0.2) is 8.42 Å². The van der Waals surface area contributed by atoms with Gasteiger partial charge in [0.15, 0.2) is 11.5 Å². The highest BCUT2D eigenvalue weighted by molar-refractivity contribution is 7.91. The third kappa shape index (κ3) is 11.8. The van der Waals surface area contributed by atoms with Crippen LogP contribution >= 0.6 is 0 Å². The Labute approximate surface area is 453 Å². The Morgan fingerprint density at radius 2 is 0.691 bits per heavy atom. The Hall–Kier alpha value is -9.73. The number of rotatable bonds is 16. The fraction of sp³-hybridized carbons (Fsp3) is 0. The number of non-ortho nitro benzene ring substituents is 2. The molecule has 0 saturated carbocycles. The van der Waals surface area contributed by atoms with Crippen molar-refractivity contribution in [3.8, 4) is 11.5 Å². The fourth-order valence-corrected chi connectivity index (χ4v) is 11.3. The quantitative estimate of drug-likeness (QED) is 0.0146. The average Bonchev–Trinajstić information content (AvgIpc) is 3.53. The number of nitrogens with zero attached hydrogens (tertiary/aromatic N) is 10. The first-order valence-electron chi connectivity index (χ1n) is 21.5. The molecule has 0 unspecified atom stereocenters. The number of benzene rings is 8. The summed E-state index contributed by atoms with van der Waals surface area (Å²) in [4.78, 5) is 15.5. The zero-order valence-corrected chi connectivity index (χ0v) is 43.7. The number of phenols is 2. The molecule has 32 nitrogen and oxygen atoms in total. The smallest absolute Gasteiger partial charge is 0.297 e. The second-order valence-corrected chi connectivity index (χ2v) is 23.9. The summed E-state index contributed by atoms with van der Waals surface area (Å²) in [6, 6.07) is 20.0. The molecule has 0 fully saturated rings. The summed E-state index contributed by atoms with van der Waals surface area (Å²) in [6.07, 6.45) is 0. The van der Waals surface area contributed by atoms with Crippen molar-refractivity contribution in [1.82, 2.24) is 0 Å². The van der Waals surface area contributed by atoms with Crippen molar-refractivity contribution in [2.75, 3.05) is 11.5 Å². The molecule has 10 N–H and O–H groups in total. The predicted octanol–water partition coefficient (Wildman–Crippen LogP) is 9.87. The molecule has 0 aliphatic carbocycles. The number of fused-ring (bicyclic) bond motifs is 2. The molecule has 0 bridgehead atoms. The zero-order chi connectivity index (χ0) is 59.3. The second-order valence-electron chi connectivity index (χ2n) is 16.3. The third-order valence-corrected chi connectivity index (χ3v) is 16.5. The molecule has 416 valence electrons. The lowest BCUT2D eigenvalue weighted by Crippen LogP contribution is -2.01. The average molecular weight is 1210 g/mol. The first-order chi connectivity index (χ1) is 37.7. The largest absolute Gasteiger partial charge is 0.505 e. The maximum Gasteiger partial charge on any atom is 0.297 e. The van der Waals surface area contributed by atoms with E-state index in [1.54, 1.807) is 0 Å². The van der Waals surface area contributed by atoms with Gasteiger partial charge >= 0.3 is 0 Å². The number of phenolic OH excluding ortho intramolecular Hbond substituents is 2. The van der Waals surface area contributed by atoms with E-state index >= 15 is 0 Å². The molecule has 37 heteroatoms. The van der Waals surface area contributed by atoms with Gasteiger partial charge in [-0.15, -0.1) is 30.7 Å². The second kappa shape index (κ2) is 21.1. The number of nitro groups is 2. The molecule has 0 aliphatic rings. The first-order valence-corrected chi connectivity index (χ1v) is 28.8. The summed E-state index contributed by atoms with van der Waals surface area (Å²) in [5, 5.41) is 74.4. The number of nitro benzene ring substituents is 2. The van der Waals surface area contributed by atoms with E-state index in [0.717, 1.165) is 60.7 Å². The minimum atomic E-state index is -5.31. The number of anilines is 2. The van der Waals surface area contributed by atoms with Gasteiger partial charge in [0.1, 0.15) is 42.3 Å². The Morgan fingerprint density at radius 1 is 0.383 bits per heavy atom. The molecule has 0 atom stereocenters. The standard InChI is InChI=1S/C44H30N12O20S5/c45-29-11-15-31(27-19-37(80(71,72)73)41(43(57)39(27)29)53-51-33-13-5-23(55(59)60)17-35(33)78(65,66)67)49-47-21-1-7-25(8-2-21)77(63,64)26-9-3-22(4-10-26)48-50-32-16-12-30(46)40-28(32)20-38(81(74,75)76)42(44(40)58)54-52-34-14-6-24(56(61)62)18-36(34)79(68,69)70/h1-20,57-58H,45-46H2,(H,65,66,67)(H,68,69,70)(H,71,72,73)(H,74,75,76). The van der Waals surface area contributed by atoms with Crippen molar-refractivity contribution in [2.45, 2.75) is 29.4 Å². The van der Waals surface area contributed by atoms with Crippen molar-refractivity contribution in [1.29, 1.82) is 0 Å². The number of hydrogen-bond donors (Lipinski definition) is 8. The lowest BCUT2D eigenvalue weighted by Gasteiger charge is -2.12. The van der Waals surface area contributed by atoms with Crippen LogP contribution in [0.3, 0.4) is 0 Å². The van der Waals surface area contributed by atoms with E-state index in [4.69, 9.17) is 11.5 Å². The van der Waals surface area contributed by atoms with Crippen LogP contribution in [0.2, 0.25) is 0 Å². The Bertz CT molecular complexity index is 4460. The molecule has 81 heavy (non-hydrogen) atoms. The van der Waals surface area contributed by atoms with Gasteiger partial charge in [0, 0.05) is 46.4 Å². The molecule has 8 aromatic carbocycles. The number of hydrogen-bond acceptors (Lipinski definition) is 26. The molecule has 8 rings (SSSR count). The van der Waals surface area contributed by atoms with Gasteiger partial charge in [0.2, 0.25) is 9.84 Å². The fourth-order valence-electron chi connectivity index (χ4n) is 7.46. The van der Waals surface area contributed by atoms with Crippen molar-refractivity contribution < 1.29 is 80.4 Å². The van der Waals surface area contributed by atoms with Crippen LogP contribution in [0.25, 0.3) is 21.5 Å². The Kier molecular flexibility index (Phi) is 15.0. The lowest BCUT2D eigenvalue weighted by atomic mass is 10.0. The molecule has 0 aliphatic heterocycles. The number of sulfone groups is 1. The van der Waals surface area contributed by atoms with E-state index in [1.165, 1.54) is 48.5 Å². The predicted molar refractivity (Wildman–Crippen MR) is 281 cm³/mol. The highest BCUT2D eigenvalue weighted by atomic mass is 32.2. The van der Waals surface area contributed by atoms with Crippen molar-refractivity contribution in [3.05, 3.63) is 142 Å².